The second-order valence-electron chi connectivity index (χ2n) is 3.57. The third kappa shape index (κ3) is 2.25. The molecule has 0 fully saturated rings. The van der Waals surface area contributed by atoms with Crippen molar-refractivity contribution in [1.82, 2.24) is 8.75 Å². The first-order valence-electron chi connectivity index (χ1n) is 4.83. The lowest BCUT2D eigenvalue weighted by atomic mass is 10.1. The monoisotopic (exact) mass is 233 g/mol. The zero-order chi connectivity index (χ0) is 11.5. The Bertz CT molecular complexity index is 508. The minimum absolute atomic E-state index is 0.220. The Morgan fingerprint density at radius 2 is 2.19 bits per heavy atom. The number of rotatable bonds is 2. The summed E-state index contributed by atoms with van der Waals surface area (Å²) in [5.41, 5.74) is 3.31. The van der Waals surface area contributed by atoms with Crippen molar-refractivity contribution in [3.63, 3.8) is 0 Å². The number of carbonyl (C=O) groups is 1. The Kier molecular flexibility index (Phi) is 2.96. The highest BCUT2D eigenvalue weighted by atomic mass is 32.1. The van der Waals surface area contributed by atoms with Gasteiger partial charge in [0.15, 0.2) is 5.69 Å². The van der Waals surface area contributed by atoms with Gasteiger partial charge in [-0.3, -0.25) is 4.79 Å². The number of carbonyl (C=O) groups excluding carboxylic acids is 1. The van der Waals surface area contributed by atoms with Crippen LogP contribution in [0.15, 0.2) is 24.4 Å². The van der Waals surface area contributed by atoms with Crippen molar-refractivity contribution < 1.29 is 4.79 Å². The number of hydrogen-bond donors (Lipinski definition) is 1. The molecule has 1 aromatic carbocycles. The number of anilines is 1. The van der Waals surface area contributed by atoms with E-state index in [0.29, 0.717) is 5.69 Å². The van der Waals surface area contributed by atoms with Gasteiger partial charge >= 0.3 is 0 Å². The van der Waals surface area contributed by atoms with Crippen LogP contribution in [0.5, 0.6) is 0 Å². The molecule has 0 spiro atoms. The first kappa shape index (κ1) is 10.8. The van der Waals surface area contributed by atoms with Gasteiger partial charge in [0.2, 0.25) is 0 Å². The second-order valence-corrected chi connectivity index (χ2v) is 4.12. The van der Waals surface area contributed by atoms with Gasteiger partial charge in [-0.1, -0.05) is 12.1 Å². The molecule has 82 valence electrons. The molecule has 1 N–H and O–H groups in total. The van der Waals surface area contributed by atoms with E-state index in [2.05, 4.69) is 14.1 Å². The molecule has 0 aliphatic heterocycles. The molecule has 2 rings (SSSR count). The molecule has 16 heavy (non-hydrogen) atoms. The summed E-state index contributed by atoms with van der Waals surface area (Å²) in [6.07, 6.45) is 1.46. The predicted octanol–water partition coefficient (Wildman–Crippen LogP) is 2.41. The van der Waals surface area contributed by atoms with Crippen molar-refractivity contribution in [2.24, 2.45) is 0 Å². The van der Waals surface area contributed by atoms with Gasteiger partial charge in [0.25, 0.3) is 5.91 Å². The highest BCUT2D eigenvalue weighted by Crippen LogP contribution is 2.17. The predicted molar refractivity (Wildman–Crippen MR) is 63.8 cm³/mol. The number of aromatic nitrogens is 2. The third-order valence-electron chi connectivity index (χ3n) is 2.24. The van der Waals surface area contributed by atoms with Gasteiger partial charge in [-0.05, 0) is 31.0 Å². The number of amides is 1. The summed E-state index contributed by atoms with van der Waals surface area (Å²) in [6.45, 7) is 3.94. The Labute approximate surface area is 97.7 Å². The van der Waals surface area contributed by atoms with Crippen LogP contribution in [0, 0.1) is 13.8 Å². The summed E-state index contributed by atoms with van der Waals surface area (Å²) in [5, 5.41) is 2.82. The van der Waals surface area contributed by atoms with Crippen LogP contribution in [0.3, 0.4) is 0 Å². The van der Waals surface area contributed by atoms with Crippen molar-refractivity contribution in [2.45, 2.75) is 13.8 Å². The number of hydrogen-bond acceptors (Lipinski definition) is 4. The van der Waals surface area contributed by atoms with Gasteiger partial charge in [-0.15, -0.1) is 0 Å². The van der Waals surface area contributed by atoms with Crippen LogP contribution in [0.1, 0.15) is 21.6 Å². The highest BCUT2D eigenvalue weighted by Gasteiger charge is 2.10. The summed E-state index contributed by atoms with van der Waals surface area (Å²) >= 11 is 1.02. The maximum atomic E-state index is 11.7. The van der Waals surface area contributed by atoms with Crippen molar-refractivity contribution >= 4 is 23.3 Å². The number of nitrogens with one attached hydrogen (secondary N) is 1. The fraction of sp³-hybridized carbons (Fsp3) is 0.182. The van der Waals surface area contributed by atoms with Crippen LogP contribution in [0.4, 0.5) is 5.69 Å². The quantitative estimate of drug-likeness (QED) is 0.866. The fourth-order valence-corrected chi connectivity index (χ4v) is 1.73. The third-order valence-corrected chi connectivity index (χ3v) is 2.71. The first-order valence-corrected chi connectivity index (χ1v) is 5.56. The smallest absolute Gasteiger partial charge is 0.277 e. The molecule has 5 heteroatoms. The normalized spacial score (nSPS) is 10.1. The van der Waals surface area contributed by atoms with E-state index in [-0.39, 0.29) is 5.91 Å². The molecule has 0 unspecified atom stereocenters. The highest BCUT2D eigenvalue weighted by molar-refractivity contribution is 6.99. The van der Waals surface area contributed by atoms with E-state index in [1.165, 1.54) is 6.20 Å². The van der Waals surface area contributed by atoms with Gasteiger partial charge in [0.1, 0.15) is 0 Å². The van der Waals surface area contributed by atoms with E-state index in [4.69, 9.17) is 0 Å². The van der Waals surface area contributed by atoms with Crippen molar-refractivity contribution in [3.05, 3.63) is 41.2 Å². The summed E-state index contributed by atoms with van der Waals surface area (Å²) < 4.78 is 7.68. The standard InChI is InChI=1S/C11H11N3OS/c1-7-3-4-8(2)9(5-7)13-11(15)10-6-12-16-14-10/h3-6H,1-2H3,(H,13,15). The molecule has 4 nitrogen and oxygen atoms in total. The lowest BCUT2D eigenvalue weighted by Crippen LogP contribution is -2.13. The summed E-state index contributed by atoms with van der Waals surface area (Å²) in [7, 11) is 0. The SMILES string of the molecule is Cc1ccc(C)c(NC(=O)c2cnsn2)c1. The van der Waals surface area contributed by atoms with E-state index in [1.54, 1.807) is 0 Å². The van der Waals surface area contributed by atoms with Crippen LogP contribution in [-0.4, -0.2) is 14.7 Å². The largest absolute Gasteiger partial charge is 0.320 e. The molecule has 0 atom stereocenters. The van der Waals surface area contributed by atoms with E-state index in [1.807, 2.05) is 32.0 Å². The van der Waals surface area contributed by atoms with Crippen LogP contribution >= 0.6 is 11.7 Å². The van der Waals surface area contributed by atoms with E-state index < -0.39 is 0 Å². The Balaban J connectivity index is 2.21. The summed E-state index contributed by atoms with van der Waals surface area (Å²) in [6, 6.07) is 5.92. The van der Waals surface area contributed by atoms with E-state index in [9.17, 15) is 4.79 Å². The fourth-order valence-electron chi connectivity index (χ4n) is 1.32. The van der Waals surface area contributed by atoms with Crippen LogP contribution < -0.4 is 5.32 Å². The maximum absolute atomic E-state index is 11.7. The topological polar surface area (TPSA) is 54.9 Å². The Morgan fingerprint density at radius 1 is 1.38 bits per heavy atom. The minimum Gasteiger partial charge on any atom is -0.320 e. The van der Waals surface area contributed by atoms with Crippen LogP contribution in [0.2, 0.25) is 0 Å². The molecule has 0 saturated heterocycles. The molecule has 0 aliphatic rings. The van der Waals surface area contributed by atoms with Gasteiger partial charge < -0.3 is 5.32 Å². The van der Waals surface area contributed by atoms with Crippen molar-refractivity contribution in [3.8, 4) is 0 Å². The summed E-state index contributed by atoms with van der Waals surface area (Å²) in [4.78, 5) is 11.7. The van der Waals surface area contributed by atoms with Crippen molar-refractivity contribution in [1.29, 1.82) is 0 Å². The average molecular weight is 233 g/mol. The average Bonchev–Trinajstić information content (AvgIpc) is 2.76. The molecule has 1 aromatic heterocycles. The molecule has 1 amide bonds. The number of nitrogens with zero attached hydrogens (tertiary/aromatic N) is 2. The molecular formula is C11H11N3OS. The van der Waals surface area contributed by atoms with E-state index >= 15 is 0 Å². The molecular weight excluding hydrogens is 222 g/mol. The molecule has 1 heterocycles. The van der Waals surface area contributed by atoms with Gasteiger partial charge in [-0.25, -0.2) is 0 Å². The lowest BCUT2D eigenvalue weighted by molar-refractivity contribution is 0.102. The van der Waals surface area contributed by atoms with Gasteiger partial charge in [-0.2, -0.15) is 8.75 Å². The summed E-state index contributed by atoms with van der Waals surface area (Å²) in [5.74, 6) is -0.220. The minimum atomic E-state index is -0.220. The number of aryl methyl sites for hydroxylation is 2. The second kappa shape index (κ2) is 4.40. The molecule has 0 saturated carbocycles. The molecule has 0 bridgehead atoms. The zero-order valence-corrected chi connectivity index (χ0v) is 9.84. The zero-order valence-electron chi connectivity index (χ0n) is 9.02. The maximum Gasteiger partial charge on any atom is 0.277 e. The molecule has 0 radical (unpaired) electrons. The molecule has 2 aromatic rings. The van der Waals surface area contributed by atoms with Gasteiger partial charge in [0.05, 0.1) is 17.9 Å². The first-order chi connectivity index (χ1) is 7.66. The lowest BCUT2D eigenvalue weighted by Gasteiger charge is -2.07. The Morgan fingerprint density at radius 3 is 2.88 bits per heavy atom. The van der Waals surface area contributed by atoms with Gasteiger partial charge in [0, 0.05) is 5.69 Å². The van der Waals surface area contributed by atoms with Crippen molar-refractivity contribution in [2.75, 3.05) is 5.32 Å². The molecule has 0 aliphatic carbocycles. The van der Waals surface area contributed by atoms with Crippen LogP contribution in [0.25, 0.3) is 0 Å². The van der Waals surface area contributed by atoms with Crippen LogP contribution in [-0.2, 0) is 0 Å². The number of benzene rings is 1. The Hall–Kier alpha value is -1.75. The van der Waals surface area contributed by atoms with E-state index in [0.717, 1.165) is 28.5 Å².